The molecule has 1 aromatic rings. The number of nitrogens with zero attached hydrogens (tertiary/aromatic N) is 2. The molecule has 2 fully saturated rings. The fraction of sp³-hybridized carbons (Fsp3) is 0.562. The van der Waals surface area contributed by atoms with Gasteiger partial charge in [0, 0.05) is 19.0 Å². The van der Waals surface area contributed by atoms with Crippen molar-refractivity contribution in [3.05, 3.63) is 29.6 Å². The quantitative estimate of drug-likeness (QED) is 0.871. The molecule has 2 N–H and O–H groups in total. The Kier molecular flexibility index (Phi) is 4.34. The monoisotopic (exact) mass is 357 g/mol. The molecule has 1 spiro atoms. The molecule has 0 aromatic carbocycles. The molecule has 1 saturated carbocycles. The van der Waals surface area contributed by atoms with Gasteiger partial charge in [0.25, 0.3) is 0 Å². The first-order chi connectivity index (χ1) is 11.7. The number of rotatable bonds is 3. The van der Waals surface area contributed by atoms with Gasteiger partial charge in [-0.05, 0) is 36.8 Å². The van der Waals surface area contributed by atoms with Gasteiger partial charge in [0.1, 0.15) is 5.69 Å². The van der Waals surface area contributed by atoms with Crippen molar-refractivity contribution < 1.29 is 27.9 Å². The number of carbonyl (C=O) groups is 2. The van der Waals surface area contributed by atoms with E-state index in [4.69, 9.17) is 5.11 Å². The van der Waals surface area contributed by atoms with Gasteiger partial charge in [-0.1, -0.05) is 6.07 Å². The Morgan fingerprint density at radius 1 is 1.32 bits per heavy atom. The summed E-state index contributed by atoms with van der Waals surface area (Å²) in [4.78, 5) is 28.0. The molecule has 1 aliphatic heterocycles. The standard InChI is InChI=1S/C16H18F3N3O3/c17-16(18,19)12-3-1-2-10(21-12)9-20-13(23)11-8-15(11)4-6-22(7-5-15)14(24)25/h1-3,11H,4-9H2,(H,20,23)(H,24,25)/t11-/m1/s1. The summed E-state index contributed by atoms with van der Waals surface area (Å²) in [5.74, 6) is -0.405. The maximum atomic E-state index is 12.6. The number of hydrogen-bond donors (Lipinski definition) is 2. The van der Waals surface area contributed by atoms with E-state index in [0.717, 1.165) is 6.07 Å². The molecule has 25 heavy (non-hydrogen) atoms. The van der Waals surface area contributed by atoms with Crippen molar-refractivity contribution in [1.29, 1.82) is 0 Å². The van der Waals surface area contributed by atoms with Gasteiger partial charge in [-0.15, -0.1) is 0 Å². The number of aromatic nitrogens is 1. The van der Waals surface area contributed by atoms with Crippen molar-refractivity contribution in [2.45, 2.75) is 32.0 Å². The van der Waals surface area contributed by atoms with Crippen LogP contribution in [0.15, 0.2) is 18.2 Å². The first kappa shape index (κ1) is 17.5. The Morgan fingerprint density at radius 3 is 2.60 bits per heavy atom. The number of alkyl halides is 3. The van der Waals surface area contributed by atoms with E-state index >= 15 is 0 Å². The largest absolute Gasteiger partial charge is 0.465 e. The predicted octanol–water partition coefficient (Wildman–Crippen LogP) is 2.50. The van der Waals surface area contributed by atoms with Crippen molar-refractivity contribution in [2.75, 3.05) is 13.1 Å². The highest BCUT2D eigenvalue weighted by Crippen LogP contribution is 2.59. The van der Waals surface area contributed by atoms with Crippen LogP contribution in [0, 0.1) is 11.3 Å². The van der Waals surface area contributed by atoms with Crippen LogP contribution in [0.5, 0.6) is 0 Å². The number of piperidine rings is 1. The van der Waals surface area contributed by atoms with Crippen LogP contribution in [0.2, 0.25) is 0 Å². The molecule has 1 aromatic heterocycles. The molecule has 2 aliphatic rings. The Labute approximate surface area is 142 Å². The smallest absolute Gasteiger partial charge is 0.433 e. The van der Waals surface area contributed by atoms with Crippen molar-refractivity contribution in [2.24, 2.45) is 11.3 Å². The summed E-state index contributed by atoms with van der Waals surface area (Å²) in [5.41, 5.74) is -0.987. The van der Waals surface area contributed by atoms with Gasteiger partial charge in [-0.3, -0.25) is 4.79 Å². The predicted molar refractivity (Wildman–Crippen MR) is 80.5 cm³/mol. The summed E-state index contributed by atoms with van der Waals surface area (Å²) in [6.45, 7) is 0.763. The van der Waals surface area contributed by atoms with E-state index in [1.54, 1.807) is 0 Å². The molecule has 6 nitrogen and oxygen atoms in total. The number of carbonyl (C=O) groups excluding carboxylic acids is 1. The lowest BCUT2D eigenvalue weighted by molar-refractivity contribution is -0.141. The minimum atomic E-state index is -4.52. The van der Waals surface area contributed by atoms with Crippen LogP contribution >= 0.6 is 0 Å². The number of halogens is 3. The van der Waals surface area contributed by atoms with E-state index in [9.17, 15) is 22.8 Å². The molecule has 1 aliphatic carbocycles. The van der Waals surface area contributed by atoms with Crippen LogP contribution in [0.3, 0.4) is 0 Å². The van der Waals surface area contributed by atoms with Gasteiger partial charge in [-0.25, -0.2) is 9.78 Å². The summed E-state index contributed by atoms with van der Waals surface area (Å²) in [6.07, 6.45) is -3.49. The number of hydrogen-bond acceptors (Lipinski definition) is 3. The van der Waals surface area contributed by atoms with Crippen LogP contribution in [0.1, 0.15) is 30.7 Å². The summed E-state index contributed by atoms with van der Waals surface area (Å²) in [6, 6.07) is 3.58. The van der Waals surface area contributed by atoms with Gasteiger partial charge >= 0.3 is 12.3 Å². The number of nitrogens with one attached hydrogen (secondary N) is 1. The summed E-state index contributed by atoms with van der Waals surface area (Å²) in [7, 11) is 0. The second-order valence-corrected chi connectivity index (χ2v) is 6.62. The molecule has 2 heterocycles. The topological polar surface area (TPSA) is 82.5 Å². The third-order valence-corrected chi connectivity index (χ3v) is 5.08. The molecule has 2 amide bonds. The lowest BCUT2D eigenvalue weighted by Crippen LogP contribution is -2.39. The third kappa shape index (κ3) is 3.69. The second-order valence-electron chi connectivity index (χ2n) is 6.62. The molecule has 3 rings (SSSR count). The summed E-state index contributed by atoms with van der Waals surface area (Å²) < 4.78 is 37.9. The number of amides is 2. The van der Waals surface area contributed by atoms with Crippen LogP contribution in [-0.2, 0) is 17.5 Å². The molecular formula is C16H18F3N3O3. The van der Waals surface area contributed by atoms with E-state index in [1.807, 2.05) is 0 Å². The highest BCUT2D eigenvalue weighted by atomic mass is 19.4. The third-order valence-electron chi connectivity index (χ3n) is 5.08. The molecule has 1 atom stereocenters. The second kappa shape index (κ2) is 6.20. The van der Waals surface area contributed by atoms with Gasteiger partial charge in [0.2, 0.25) is 5.91 Å². The number of likely N-dealkylation sites (tertiary alicyclic amines) is 1. The first-order valence-electron chi connectivity index (χ1n) is 8.00. The zero-order chi connectivity index (χ0) is 18.2. The van der Waals surface area contributed by atoms with Gasteiger partial charge < -0.3 is 15.3 Å². The molecule has 0 radical (unpaired) electrons. The SMILES string of the molecule is O=C(NCc1cccc(C(F)(F)F)n1)[C@H]1CC12CCN(C(=O)O)CC2. The van der Waals surface area contributed by atoms with Gasteiger partial charge in [0.05, 0.1) is 12.2 Å². The Hall–Kier alpha value is -2.32. The van der Waals surface area contributed by atoms with Gasteiger partial charge in [0.15, 0.2) is 0 Å². The van der Waals surface area contributed by atoms with E-state index in [-0.39, 0.29) is 29.5 Å². The van der Waals surface area contributed by atoms with Crippen molar-refractivity contribution in [1.82, 2.24) is 15.2 Å². The average molecular weight is 357 g/mol. The zero-order valence-corrected chi connectivity index (χ0v) is 13.3. The highest BCUT2D eigenvalue weighted by molar-refractivity contribution is 5.82. The van der Waals surface area contributed by atoms with E-state index in [1.165, 1.54) is 17.0 Å². The maximum Gasteiger partial charge on any atom is 0.433 e. The van der Waals surface area contributed by atoms with E-state index < -0.39 is 18.0 Å². The lowest BCUT2D eigenvalue weighted by Gasteiger charge is -2.30. The van der Waals surface area contributed by atoms with Crippen molar-refractivity contribution in [3.8, 4) is 0 Å². The van der Waals surface area contributed by atoms with Crippen molar-refractivity contribution in [3.63, 3.8) is 0 Å². The molecule has 1 saturated heterocycles. The Bertz CT molecular complexity index is 685. The van der Waals surface area contributed by atoms with Crippen LogP contribution in [-0.4, -0.2) is 40.1 Å². The van der Waals surface area contributed by atoms with Crippen LogP contribution in [0.25, 0.3) is 0 Å². The number of carboxylic acid groups (broad SMARTS) is 1. The lowest BCUT2D eigenvalue weighted by atomic mass is 9.91. The van der Waals surface area contributed by atoms with Crippen LogP contribution < -0.4 is 5.32 Å². The molecular weight excluding hydrogens is 339 g/mol. The fourth-order valence-corrected chi connectivity index (χ4v) is 3.45. The minimum absolute atomic E-state index is 0.0589. The summed E-state index contributed by atoms with van der Waals surface area (Å²) in [5, 5.41) is 11.6. The highest BCUT2D eigenvalue weighted by Gasteiger charge is 2.58. The fourth-order valence-electron chi connectivity index (χ4n) is 3.45. The summed E-state index contributed by atoms with van der Waals surface area (Å²) >= 11 is 0. The molecule has 0 unspecified atom stereocenters. The van der Waals surface area contributed by atoms with Crippen LogP contribution in [0.4, 0.5) is 18.0 Å². The molecule has 9 heteroatoms. The van der Waals surface area contributed by atoms with E-state index in [0.29, 0.717) is 32.4 Å². The Morgan fingerprint density at radius 2 is 2.00 bits per heavy atom. The van der Waals surface area contributed by atoms with Crippen molar-refractivity contribution >= 4 is 12.0 Å². The zero-order valence-electron chi connectivity index (χ0n) is 13.3. The van der Waals surface area contributed by atoms with E-state index in [2.05, 4.69) is 10.3 Å². The Balaban J connectivity index is 1.52. The minimum Gasteiger partial charge on any atom is -0.465 e. The molecule has 136 valence electrons. The normalized spacial score (nSPS) is 21.9. The number of pyridine rings is 1. The maximum absolute atomic E-state index is 12.6. The molecule has 0 bridgehead atoms. The average Bonchev–Trinajstić information content (AvgIpc) is 3.26. The first-order valence-corrected chi connectivity index (χ1v) is 8.00. The van der Waals surface area contributed by atoms with Gasteiger partial charge in [-0.2, -0.15) is 13.2 Å².